The summed E-state index contributed by atoms with van der Waals surface area (Å²) < 4.78 is 0. The summed E-state index contributed by atoms with van der Waals surface area (Å²) in [5.41, 5.74) is 2.41. The topological polar surface area (TPSA) is 114 Å². The summed E-state index contributed by atoms with van der Waals surface area (Å²) in [4.78, 5) is 37.7. The Labute approximate surface area is 196 Å². The van der Waals surface area contributed by atoms with Gasteiger partial charge in [-0.05, 0) is 55.0 Å². The van der Waals surface area contributed by atoms with Gasteiger partial charge in [-0.3, -0.25) is 25.1 Å². The number of carbonyl (C=O) groups is 2. The number of ketones is 1. The monoisotopic (exact) mass is 468 g/mol. The molecule has 8 nitrogen and oxygen atoms in total. The molecule has 9 heteroatoms. The lowest BCUT2D eigenvalue weighted by Gasteiger charge is -2.37. The summed E-state index contributed by atoms with van der Waals surface area (Å²) in [7, 11) is 0. The van der Waals surface area contributed by atoms with Crippen LogP contribution in [0.3, 0.4) is 0 Å². The first kappa shape index (κ1) is 22.9. The number of halogens is 1. The van der Waals surface area contributed by atoms with Crippen LogP contribution in [0.5, 0.6) is 0 Å². The third-order valence-electron chi connectivity index (χ3n) is 7.85. The van der Waals surface area contributed by atoms with Gasteiger partial charge in [-0.15, -0.1) is 0 Å². The molecule has 2 N–H and O–H groups in total. The molecule has 0 aliphatic heterocycles. The van der Waals surface area contributed by atoms with Gasteiger partial charge in [0.1, 0.15) is 11.1 Å². The molecule has 2 aliphatic rings. The van der Waals surface area contributed by atoms with Gasteiger partial charge >= 0.3 is 0 Å². The van der Waals surface area contributed by atoms with Crippen molar-refractivity contribution in [1.29, 1.82) is 0 Å². The van der Waals surface area contributed by atoms with E-state index in [0.717, 1.165) is 5.56 Å². The predicted octanol–water partition coefficient (Wildman–Crippen LogP) is 5.36. The highest BCUT2D eigenvalue weighted by Gasteiger charge is 2.76. The molecule has 2 bridgehead atoms. The second kappa shape index (κ2) is 7.66. The number of anilines is 2. The fraction of sp³-hybridized carbons (Fsp3) is 0.375. The number of carbonyl (C=O) groups excluding carboxylic acids is 2. The fourth-order valence-electron chi connectivity index (χ4n) is 5.22. The van der Waals surface area contributed by atoms with Crippen molar-refractivity contribution < 1.29 is 14.5 Å². The third-order valence-corrected chi connectivity index (χ3v) is 8.26. The Kier molecular flexibility index (Phi) is 5.32. The van der Waals surface area contributed by atoms with Gasteiger partial charge in [-0.1, -0.05) is 38.4 Å². The van der Waals surface area contributed by atoms with E-state index in [2.05, 4.69) is 15.8 Å². The van der Waals surface area contributed by atoms with Crippen LogP contribution in [0.1, 0.15) is 39.2 Å². The predicted molar refractivity (Wildman–Crippen MR) is 128 cm³/mol. The molecule has 2 aromatic carbocycles. The Morgan fingerprint density at radius 3 is 2.42 bits per heavy atom. The summed E-state index contributed by atoms with van der Waals surface area (Å²) in [5, 5.41) is 18.7. The van der Waals surface area contributed by atoms with Crippen molar-refractivity contribution in [1.82, 2.24) is 0 Å². The normalized spacial score (nSPS) is 26.5. The maximum absolute atomic E-state index is 13.7. The smallest absolute Gasteiger partial charge is 0.269 e. The number of hydrazone groups is 1. The summed E-state index contributed by atoms with van der Waals surface area (Å²) >= 11 is 6.21. The maximum Gasteiger partial charge on any atom is 0.269 e. The molecular formula is C24H25ClN4O4. The van der Waals surface area contributed by atoms with E-state index in [0.29, 0.717) is 35.0 Å². The standard InChI is InChI=1S/C24H25ClN4O4/c1-14-17(25)6-5-7-18(14)26-21(31)24-13-12-23(4,22(24,2)3)19(20(24)30)28-27-15-8-10-16(11-9-15)29(32)33/h5-11,27H,12-13H2,1-4H3,(H,26,31). The average Bonchev–Trinajstić information content (AvgIpc) is 3.05. The van der Waals surface area contributed by atoms with E-state index in [1.54, 1.807) is 18.2 Å². The molecule has 33 heavy (non-hydrogen) atoms. The number of Topliss-reactive ketones (excluding diaryl/α,β-unsaturated/α-hetero) is 1. The minimum atomic E-state index is -1.26. The Hall–Kier alpha value is -3.26. The number of rotatable bonds is 5. The van der Waals surface area contributed by atoms with E-state index >= 15 is 0 Å². The van der Waals surface area contributed by atoms with Crippen LogP contribution in [0.4, 0.5) is 17.1 Å². The number of nitrogens with zero attached hydrogens (tertiary/aromatic N) is 2. The van der Waals surface area contributed by atoms with E-state index in [1.165, 1.54) is 24.3 Å². The Balaban J connectivity index is 1.67. The number of nitrogens with one attached hydrogen (secondary N) is 2. The zero-order chi connectivity index (χ0) is 24.2. The average molecular weight is 469 g/mol. The first-order chi connectivity index (χ1) is 15.5. The highest BCUT2D eigenvalue weighted by molar-refractivity contribution is 6.51. The third kappa shape index (κ3) is 3.15. The molecule has 1 amide bonds. The van der Waals surface area contributed by atoms with Crippen molar-refractivity contribution in [3.8, 4) is 0 Å². The molecule has 4 rings (SSSR count). The number of fused-ring (bicyclic) bond motifs is 2. The van der Waals surface area contributed by atoms with Crippen molar-refractivity contribution >= 4 is 46.1 Å². The van der Waals surface area contributed by atoms with Gasteiger partial charge in [0.05, 0.1) is 10.6 Å². The number of benzene rings is 2. The minimum absolute atomic E-state index is 0.0377. The van der Waals surface area contributed by atoms with Gasteiger partial charge in [0.25, 0.3) is 5.69 Å². The van der Waals surface area contributed by atoms with E-state index in [9.17, 15) is 19.7 Å². The second-order valence-corrected chi connectivity index (χ2v) is 9.84. The number of non-ortho nitro benzene ring substituents is 1. The number of amides is 1. The molecule has 2 saturated carbocycles. The molecule has 0 heterocycles. The van der Waals surface area contributed by atoms with Gasteiger partial charge in [0.15, 0.2) is 5.78 Å². The molecule has 0 aromatic heterocycles. The largest absolute Gasteiger partial charge is 0.325 e. The summed E-state index contributed by atoms with van der Waals surface area (Å²) in [5.74, 6) is -0.653. The van der Waals surface area contributed by atoms with Crippen LogP contribution in [0.2, 0.25) is 5.02 Å². The Morgan fingerprint density at radius 1 is 1.12 bits per heavy atom. The van der Waals surface area contributed by atoms with Crippen molar-refractivity contribution in [3.05, 3.63) is 63.2 Å². The van der Waals surface area contributed by atoms with Crippen LogP contribution in [-0.2, 0) is 9.59 Å². The molecule has 2 unspecified atom stereocenters. The first-order valence-corrected chi connectivity index (χ1v) is 11.0. The van der Waals surface area contributed by atoms with Gasteiger partial charge < -0.3 is 5.32 Å². The molecule has 0 radical (unpaired) electrons. The van der Waals surface area contributed by atoms with E-state index in [4.69, 9.17) is 11.6 Å². The van der Waals surface area contributed by atoms with Crippen molar-refractivity contribution in [2.75, 3.05) is 10.7 Å². The highest BCUT2D eigenvalue weighted by Crippen LogP contribution is 2.69. The van der Waals surface area contributed by atoms with Crippen LogP contribution in [0.25, 0.3) is 0 Å². The summed E-state index contributed by atoms with van der Waals surface area (Å²) in [6.45, 7) is 7.67. The maximum atomic E-state index is 13.7. The van der Waals surface area contributed by atoms with Crippen molar-refractivity contribution in [2.24, 2.45) is 21.3 Å². The lowest BCUT2D eigenvalue weighted by Crippen LogP contribution is -2.47. The molecule has 0 spiro atoms. The fourth-order valence-corrected chi connectivity index (χ4v) is 5.40. The zero-order valence-electron chi connectivity index (χ0n) is 18.9. The molecule has 2 aromatic rings. The van der Waals surface area contributed by atoms with Gasteiger partial charge in [-0.25, -0.2) is 0 Å². The van der Waals surface area contributed by atoms with Crippen LogP contribution in [0, 0.1) is 33.3 Å². The second-order valence-electron chi connectivity index (χ2n) is 9.43. The summed E-state index contributed by atoms with van der Waals surface area (Å²) in [6.07, 6.45) is 1.06. The van der Waals surface area contributed by atoms with Crippen LogP contribution >= 0.6 is 11.6 Å². The quantitative estimate of drug-likeness (QED) is 0.348. The molecule has 2 aliphatic carbocycles. The van der Waals surface area contributed by atoms with E-state index in [1.807, 2.05) is 27.7 Å². The van der Waals surface area contributed by atoms with Crippen LogP contribution in [-0.4, -0.2) is 22.3 Å². The number of nitro groups is 1. The van der Waals surface area contributed by atoms with Crippen molar-refractivity contribution in [2.45, 2.75) is 40.5 Å². The van der Waals surface area contributed by atoms with Gasteiger partial charge in [0, 0.05) is 28.3 Å². The van der Waals surface area contributed by atoms with Gasteiger partial charge in [-0.2, -0.15) is 5.10 Å². The summed E-state index contributed by atoms with van der Waals surface area (Å²) in [6, 6.07) is 11.0. The molecule has 172 valence electrons. The van der Waals surface area contributed by atoms with Crippen LogP contribution in [0.15, 0.2) is 47.6 Å². The van der Waals surface area contributed by atoms with E-state index in [-0.39, 0.29) is 17.4 Å². The molecule has 2 atom stereocenters. The zero-order valence-corrected chi connectivity index (χ0v) is 19.6. The van der Waals surface area contributed by atoms with Gasteiger partial charge in [0.2, 0.25) is 5.91 Å². The highest BCUT2D eigenvalue weighted by atomic mass is 35.5. The minimum Gasteiger partial charge on any atom is -0.325 e. The number of hydrogen-bond acceptors (Lipinski definition) is 6. The molecule has 2 fully saturated rings. The Bertz CT molecular complexity index is 1210. The molecule has 0 saturated heterocycles. The lowest BCUT2D eigenvalue weighted by molar-refractivity contribution is -0.384. The van der Waals surface area contributed by atoms with Crippen LogP contribution < -0.4 is 10.7 Å². The number of hydrogen-bond donors (Lipinski definition) is 2. The lowest BCUT2D eigenvalue weighted by atomic mass is 9.64. The molecular weight excluding hydrogens is 444 g/mol. The van der Waals surface area contributed by atoms with E-state index < -0.39 is 21.2 Å². The number of nitro benzene ring substituents is 1. The first-order valence-electron chi connectivity index (χ1n) is 10.7. The Morgan fingerprint density at radius 2 is 1.79 bits per heavy atom. The SMILES string of the molecule is Cc1c(Cl)cccc1NC(=O)C12CCC(C)(C(=NNc3ccc([N+](=O)[O-])cc3)C1=O)C2(C)C. The van der Waals surface area contributed by atoms with Crippen molar-refractivity contribution in [3.63, 3.8) is 0 Å².